The molecule has 0 aromatic carbocycles. The van der Waals surface area contributed by atoms with Crippen molar-refractivity contribution in [2.75, 3.05) is 13.2 Å². The van der Waals surface area contributed by atoms with Crippen LogP contribution in [0.3, 0.4) is 0 Å². The highest BCUT2D eigenvalue weighted by Crippen LogP contribution is 2.20. The number of aromatic nitrogens is 1. The first kappa shape index (κ1) is 15.7. The maximum atomic E-state index is 12.1. The van der Waals surface area contributed by atoms with E-state index in [1.54, 1.807) is 11.3 Å². The van der Waals surface area contributed by atoms with Crippen LogP contribution >= 0.6 is 22.7 Å². The monoisotopic (exact) mass is 320 g/mol. The lowest BCUT2D eigenvalue weighted by atomic mass is 10.2. The number of hydrogen-bond donors (Lipinski definition) is 2. The Labute approximate surface area is 131 Å². The van der Waals surface area contributed by atoms with Gasteiger partial charge in [-0.25, -0.2) is 4.98 Å². The second kappa shape index (κ2) is 7.36. The third kappa shape index (κ3) is 4.39. The van der Waals surface area contributed by atoms with E-state index in [1.165, 1.54) is 11.3 Å². The first-order valence-corrected chi connectivity index (χ1v) is 8.19. The Morgan fingerprint density at radius 1 is 1.48 bits per heavy atom. The van der Waals surface area contributed by atoms with E-state index in [4.69, 9.17) is 5.11 Å². The normalized spacial score (nSPS) is 10.0. The first-order valence-electron chi connectivity index (χ1n) is 6.49. The largest absolute Gasteiger partial charge is 0.384 e. The number of amides is 1. The molecule has 0 unspecified atom stereocenters. The van der Waals surface area contributed by atoms with Crippen molar-refractivity contribution in [1.29, 1.82) is 0 Å². The second-order valence-electron chi connectivity index (χ2n) is 4.45. The third-order valence-corrected chi connectivity index (χ3v) is 4.73. The fourth-order valence-corrected chi connectivity index (χ4v) is 3.36. The summed E-state index contributed by atoms with van der Waals surface area (Å²) in [6, 6.07) is 1.83. The molecule has 0 bridgehead atoms. The molecule has 6 heteroatoms. The SMILES string of the molecule is Cc1nc(CCNC(=O)c2cc(C)c(C#CCO)s2)cs1. The van der Waals surface area contributed by atoms with Crippen LogP contribution in [0.1, 0.15) is 30.8 Å². The third-order valence-electron chi connectivity index (χ3n) is 2.76. The summed E-state index contributed by atoms with van der Waals surface area (Å²) in [7, 11) is 0. The van der Waals surface area contributed by atoms with Crippen molar-refractivity contribution in [2.45, 2.75) is 20.3 Å². The molecular weight excluding hydrogens is 304 g/mol. The van der Waals surface area contributed by atoms with Gasteiger partial charge in [-0.05, 0) is 25.5 Å². The Balaban J connectivity index is 1.91. The van der Waals surface area contributed by atoms with Gasteiger partial charge in [0.2, 0.25) is 0 Å². The van der Waals surface area contributed by atoms with Crippen molar-refractivity contribution in [3.05, 3.63) is 37.5 Å². The Hall–Kier alpha value is -1.68. The molecule has 0 aliphatic carbocycles. The van der Waals surface area contributed by atoms with Gasteiger partial charge in [0.25, 0.3) is 5.91 Å². The molecular formula is C15H16N2O2S2. The summed E-state index contributed by atoms with van der Waals surface area (Å²) in [5.41, 5.74) is 1.97. The number of nitrogens with zero attached hydrogens (tertiary/aromatic N) is 1. The van der Waals surface area contributed by atoms with Crippen molar-refractivity contribution < 1.29 is 9.90 Å². The predicted molar refractivity (Wildman–Crippen MR) is 85.9 cm³/mol. The van der Waals surface area contributed by atoms with E-state index in [1.807, 2.05) is 25.3 Å². The summed E-state index contributed by atoms with van der Waals surface area (Å²) in [5, 5.41) is 14.7. The van der Waals surface area contributed by atoms with Gasteiger partial charge >= 0.3 is 0 Å². The number of rotatable bonds is 4. The minimum absolute atomic E-state index is 0.0906. The number of thiophene rings is 1. The van der Waals surface area contributed by atoms with Crippen molar-refractivity contribution in [3.8, 4) is 11.8 Å². The lowest BCUT2D eigenvalue weighted by Crippen LogP contribution is -2.24. The van der Waals surface area contributed by atoms with Crippen molar-refractivity contribution in [2.24, 2.45) is 0 Å². The summed E-state index contributed by atoms with van der Waals surface area (Å²) < 4.78 is 0. The van der Waals surface area contributed by atoms with E-state index in [-0.39, 0.29) is 12.5 Å². The maximum Gasteiger partial charge on any atom is 0.261 e. The molecule has 21 heavy (non-hydrogen) atoms. The van der Waals surface area contributed by atoms with Gasteiger partial charge in [0.05, 0.1) is 20.5 Å². The molecule has 2 heterocycles. The molecule has 4 nitrogen and oxygen atoms in total. The Morgan fingerprint density at radius 2 is 2.29 bits per heavy atom. The van der Waals surface area contributed by atoms with Crippen LogP contribution in [0.25, 0.3) is 0 Å². The van der Waals surface area contributed by atoms with Gasteiger partial charge in [-0.2, -0.15) is 0 Å². The molecule has 0 saturated heterocycles. The average Bonchev–Trinajstić information content (AvgIpc) is 3.03. The molecule has 2 aromatic rings. The molecule has 1 amide bonds. The smallest absolute Gasteiger partial charge is 0.261 e. The number of carbonyl (C=O) groups is 1. The molecule has 0 fully saturated rings. The van der Waals surface area contributed by atoms with Crippen LogP contribution in [-0.2, 0) is 6.42 Å². The zero-order valence-electron chi connectivity index (χ0n) is 11.9. The van der Waals surface area contributed by atoms with Gasteiger partial charge in [0.1, 0.15) is 6.61 Å². The van der Waals surface area contributed by atoms with Crippen LogP contribution in [0.15, 0.2) is 11.4 Å². The minimum atomic E-state index is -0.175. The second-order valence-corrected chi connectivity index (χ2v) is 6.56. The fourth-order valence-electron chi connectivity index (χ4n) is 1.75. The summed E-state index contributed by atoms with van der Waals surface area (Å²) in [6.07, 6.45) is 0.734. The van der Waals surface area contributed by atoms with Crippen molar-refractivity contribution in [3.63, 3.8) is 0 Å². The number of aliphatic hydroxyl groups is 1. The quantitative estimate of drug-likeness (QED) is 0.849. The van der Waals surface area contributed by atoms with Crippen molar-refractivity contribution >= 4 is 28.6 Å². The van der Waals surface area contributed by atoms with Gasteiger partial charge in [0.15, 0.2) is 0 Å². The van der Waals surface area contributed by atoms with E-state index < -0.39 is 0 Å². The molecule has 2 rings (SSSR count). The number of hydrogen-bond acceptors (Lipinski definition) is 5. The lowest BCUT2D eigenvalue weighted by molar-refractivity contribution is 0.0958. The lowest BCUT2D eigenvalue weighted by Gasteiger charge is -2.01. The molecule has 0 saturated carbocycles. The van der Waals surface area contributed by atoms with Crippen LogP contribution in [0, 0.1) is 25.7 Å². The topological polar surface area (TPSA) is 62.2 Å². The number of carbonyl (C=O) groups excluding carboxylic acids is 1. The van der Waals surface area contributed by atoms with Crippen LogP contribution in [-0.4, -0.2) is 29.1 Å². The number of nitrogens with one attached hydrogen (secondary N) is 1. The fraction of sp³-hybridized carbons (Fsp3) is 0.333. The molecule has 0 spiro atoms. The Bertz CT molecular complexity index is 692. The molecule has 0 atom stereocenters. The van der Waals surface area contributed by atoms with Gasteiger partial charge in [-0.15, -0.1) is 22.7 Å². The highest BCUT2D eigenvalue weighted by Gasteiger charge is 2.11. The van der Waals surface area contributed by atoms with E-state index in [9.17, 15) is 4.79 Å². The Morgan fingerprint density at radius 3 is 2.95 bits per heavy atom. The highest BCUT2D eigenvalue weighted by molar-refractivity contribution is 7.14. The van der Waals surface area contributed by atoms with Gasteiger partial charge in [-0.3, -0.25) is 4.79 Å². The first-order chi connectivity index (χ1) is 10.1. The van der Waals surface area contributed by atoms with Crippen LogP contribution in [0.2, 0.25) is 0 Å². The van der Waals surface area contributed by atoms with Gasteiger partial charge in [-0.1, -0.05) is 11.8 Å². The maximum absolute atomic E-state index is 12.1. The zero-order chi connectivity index (χ0) is 15.2. The number of aryl methyl sites for hydroxylation is 2. The van der Waals surface area contributed by atoms with E-state index in [0.29, 0.717) is 11.4 Å². The summed E-state index contributed by atoms with van der Waals surface area (Å²) >= 11 is 2.96. The van der Waals surface area contributed by atoms with E-state index in [2.05, 4.69) is 22.1 Å². The molecule has 0 aliphatic rings. The van der Waals surface area contributed by atoms with E-state index >= 15 is 0 Å². The molecule has 110 valence electrons. The summed E-state index contributed by atoms with van der Waals surface area (Å²) in [4.78, 5) is 17.9. The predicted octanol–water partition coefficient (Wildman–Crippen LogP) is 2.14. The van der Waals surface area contributed by atoms with Gasteiger partial charge < -0.3 is 10.4 Å². The Kier molecular flexibility index (Phi) is 5.51. The molecule has 2 N–H and O–H groups in total. The van der Waals surface area contributed by atoms with Crippen LogP contribution in [0.5, 0.6) is 0 Å². The number of aliphatic hydroxyl groups excluding tert-OH is 1. The molecule has 0 radical (unpaired) electrons. The summed E-state index contributed by atoms with van der Waals surface area (Å²) in [6.45, 7) is 4.27. The van der Waals surface area contributed by atoms with Crippen molar-refractivity contribution in [1.82, 2.24) is 10.3 Å². The minimum Gasteiger partial charge on any atom is -0.384 e. The van der Waals surface area contributed by atoms with E-state index in [0.717, 1.165) is 27.6 Å². The average molecular weight is 320 g/mol. The molecule has 0 aliphatic heterocycles. The van der Waals surface area contributed by atoms with Gasteiger partial charge in [0, 0.05) is 18.3 Å². The standard InChI is InChI=1S/C15H16N2O2S2/c1-10-8-14(21-13(10)4-3-7-18)15(19)16-6-5-12-9-20-11(2)17-12/h8-9,18H,5-7H2,1-2H3,(H,16,19). The number of thiazole rings is 1. The summed E-state index contributed by atoms with van der Waals surface area (Å²) in [5.74, 6) is 5.36. The zero-order valence-corrected chi connectivity index (χ0v) is 13.5. The molecule has 2 aromatic heterocycles. The van der Waals surface area contributed by atoms with Crippen LogP contribution in [0.4, 0.5) is 0 Å². The van der Waals surface area contributed by atoms with Crippen LogP contribution < -0.4 is 5.32 Å². The highest BCUT2D eigenvalue weighted by atomic mass is 32.1.